The van der Waals surface area contributed by atoms with Crippen molar-refractivity contribution in [2.24, 2.45) is 0 Å². The molecule has 1 aromatic rings. The molecule has 0 atom stereocenters. The van der Waals surface area contributed by atoms with E-state index in [1.54, 1.807) is 0 Å². The molecule has 2 rings (SSSR count). The van der Waals surface area contributed by atoms with Crippen LogP contribution >= 0.6 is 0 Å². The third-order valence-corrected chi connectivity index (χ3v) is 5.40. The smallest absolute Gasteiger partial charge is 0.299 e. The maximum Gasteiger partial charge on any atom is 0.299 e. The summed E-state index contributed by atoms with van der Waals surface area (Å²) in [6, 6.07) is 7.40. The van der Waals surface area contributed by atoms with Crippen molar-refractivity contribution in [2.75, 3.05) is 39.0 Å². The van der Waals surface area contributed by atoms with Crippen LogP contribution in [0.1, 0.15) is 6.92 Å². The SMILES string of the molecule is CCOc1ccc([N+]2(S(C)(=O)=O)CCNCC2)cc1. The molecule has 1 aliphatic rings. The van der Waals surface area contributed by atoms with Gasteiger partial charge in [0.2, 0.25) is 0 Å². The molecular formula is C13H21N2O3S+. The summed E-state index contributed by atoms with van der Waals surface area (Å²) in [7, 11) is -3.21. The van der Waals surface area contributed by atoms with Crippen molar-refractivity contribution in [3.63, 3.8) is 0 Å². The molecule has 1 aliphatic heterocycles. The molecule has 0 amide bonds. The zero-order chi connectivity index (χ0) is 13.9. The van der Waals surface area contributed by atoms with Crippen molar-refractivity contribution < 1.29 is 13.2 Å². The van der Waals surface area contributed by atoms with E-state index in [1.165, 1.54) is 6.26 Å². The van der Waals surface area contributed by atoms with Gasteiger partial charge in [0.05, 0.1) is 12.9 Å². The van der Waals surface area contributed by atoms with Gasteiger partial charge in [0.25, 0.3) is 10.0 Å². The lowest BCUT2D eigenvalue weighted by Crippen LogP contribution is -2.62. The summed E-state index contributed by atoms with van der Waals surface area (Å²) in [5.74, 6) is 0.771. The van der Waals surface area contributed by atoms with E-state index >= 15 is 0 Å². The van der Waals surface area contributed by atoms with Gasteiger partial charge in [0, 0.05) is 25.2 Å². The average Bonchev–Trinajstić information content (AvgIpc) is 2.39. The Hall–Kier alpha value is -1.11. The Morgan fingerprint density at radius 2 is 1.79 bits per heavy atom. The second-order valence-electron chi connectivity index (χ2n) is 4.75. The summed E-state index contributed by atoms with van der Waals surface area (Å²) in [5.41, 5.74) is 0.812. The zero-order valence-corrected chi connectivity index (χ0v) is 12.2. The lowest BCUT2D eigenvalue weighted by molar-refractivity contribution is 0.338. The van der Waals surface area contributed by atoms with Gasteiger partial charge in [0.1, 0.15) is 24.5 Å². The highest BCUT2D eigenvalue weighted by atomic mass is 32.2. The van der Waals surface area contributed by atoms with Crippen LogP contribution in [0.2, 0.25) is 0 Å². The van der Waals surface area contributed by atoms with E-state index in [4.69, 9.17) is 4.74 Å². The average molecular weight is 285 g/mol. The summed E-state index contributed by atoms with van der Waals surface area (Å²) >= 11 is 0. The zero-order valence-electron chi connectivity index (χ0n) is 11.4. The van der Waals surface area contributed by atoms with E-state index in [0.29, 0.717) is 32.8 Å². The Balaban J connectivity index is 2.39. The number of hydrogen-bond acceptors (Lipinski definition) is 4. The normalized spacial score (nSPS) is 19.1. The Kier molecular flexibility index (Phi) is 4.13. The van der Waals surface area contributed by atoms with Gasteiger partial charge in [-0.1, -0.05) is 0 Å². The van der Waals surface area contributed by atoms with Gasteiger partial charge < -0.3 is 10.1 Å². The van der Waals surface area contributed by atoms with E-state index in [1.807, 2.05) is 31.2 Å². The molecule has 0 saturated carbocycles. The third-order valence-electron chi connectivity index (χ3n) is 3.55. The fourth-order valence-electron chi connectivity index (χ4n) is 2.52. The second kappa shape index (κ2) is 5.48. The van der Waals surface area contributed by atoms with Crippen molar-refractivity contribution in [1.82, 2.24) is 9.21 Å². The highest BCUT2D eigenvalue weighted by Gasteiger charge is 2.42. The van der Waals surface area contributed by atoms with Crippen LogP contribution in [0.25, 0.3) is 0 Å². The molecule has 1 heterocycles. The molecule has 0 unspecified atom stereocenters. The number of nitrogens with one attached hydrogen (secondary N) is 1. The van der Waals surface area contributed by atoms with Crippen molar-refractivity contribution in [1.29, 1.82) is 0 Å². The molecule has 5 nitrogen and oxygen atoms in total. The molecule has 0 bridgehead atoms. The van der Waals surface area contributed by atoms with Crippen LogP contribution in [0.4, 0.5) is 5.69 Å². The molecule has 1 aromatic carbocycles. The minimum atomic E-state index is -3.21. The predicted molar refractivity (Wildman–Crippen MR) is 76.9 cm³/mol. The maximum atomic E-state index is 12.2. The summed E-state index contributed by atoms with van der Waals surface area (Å²) in [5, 5.41) is 3.21. The maximum absolute atomic E-state index is 12.2. The van der Waals surface area contributed by atoms with Crippen molar-refractivity contribution in [3.05, 3.63) is 24.3 Å². The number of quaternary nitrogens is 1. The van der Waals surface area contributed by atoms with Crippen LogP contribution in [0.15, 0.2) is 24.3 Å². The predicted octanol–water partition coefficient (Wildman–Crippen LogP) is 0.955. The van der Waals surface area contributed by atoms with Crippen LogP contribution in [0.5, 0.6) is 5.75 Å². The summed E-state index contributed by atoms with van der Waals surface area (Å²) < 4.78 is 29.9. The van der Waals surface area contributed by atoms with Gasteiger partial charge in [-0.2, -0.15) is 12.3 Å². The van der Waals surface area contributed by atoms with E-state index in [0.717, 1.165) is 11.4 Å². The van der Waals surface area contributed by atoms with Crippen LogP contribution < -0.4 is 13.9 Å². The minimum absolute atomic E-state index is 0.0202. The monoisotopic (exact) mass is 285 g/mol. The largest absolute Gasteiger partial charge is 0.494 e. The Bertz CT molecular complexity index is 519. The van der Waals surface area contributed by atoms with Gasteiger partial charge in [-0.25, -0.2) is 0 Å². The van der Waals surface area contributed by atoms with Crippen molar-refractivity contribution in [3.8, 4) is 5.75 Å². The first-order chi connectivity index (χ1) is 8.99. The Morgan fingerprint density at radius 3 is 2.26 bits per heavy atom. The molecular weight excluding hydrogens is 264 g/mol. The number of ether oxygens (including phenoxy) is 1. The molecule has 0 aromatic heterocycles. The highest BCUT2D eigenvalue weighted by Crippen LogP contribution is 2.29. The third kappa shape index (κ3) is 2.75. The molecule has 0 radical (unpaired) electrons. The summed E-state index contributed by atoms with van der Waals surface area (Å²) in [6.45, 7) is 5.07. The van der Waals surface area contributed by atoms with Gasteiger partial charge in [-0.05, 0) is 19.1 Å². The first kappa shape index (κ1) is 14.3. The fourth-order valence-corrected chi connectivity index (χ4v) is 3.87. The molecule has 1 N–H and O–H groups in total. The fraction of sp³-hybridized carbons (Fsp3) is 0.538. The molecule has 1 fully saturated rings. The van der Waals surface area contributed by atoms with E-state index in [2.05, 4.69) is 5.32 Å². The lowest BCUT2D eigenvalue weighted by Gasteiger charge is -2.38. The van der Waals surface area contributed by atoms with Crippen LogP contribution in [-0.4, -0.2) is 47.5 Å². The number of benzene rings is 1. The molecule has 0 aliphatic carbocycles. The number of rotatable bonds is 4. The summed E-state index contributed by atoms with van der Waals surface area (Å²) in [4.78, 5) is 0. The summed E-state index contributed by atoms with van der Waals surface area (Å²) in [6.07, 6.45) is 1.31. The van der Waals surface area contributed by atoms with Gasteiger partial charge in [0.15, 0.2) is 0 Å². The van der Waals surface area contributed by atoms with Crippen LogP contribution in [0, 0.1) is 0 Å². The molecule has 0 spiro atoms. The molecule has 19 heavy (non-hydrogen) atoms. The van der Waals surface area contributed by atoms with Gasteiger partial charge in [-0.15, -0.1) is 0 Å². The highest BCUT2D eigenvalue weighted by molar-refractivity contribution is 7.90. The van der Waals surface area contributed by atoms with Crippen molar-refractivity contribution in [2.45, 2.75) is 6.92 Å². The first-order valence-electron chi connectivity index (χ1n) is 6.51. The topological polar surface area (TPSA) is 55.4 Å². The Labute approximate surface area is 114 Å². The molecule has 106 valence electrons. The van der Waals surface area contributed by atoms with E-state index in [9.17, 15) is 8.42 Å². The number of piperazine rings is 1. The molecule has 1 saturated heterocycles. The number of nitrogens with zero attached hydrogens (tertiary/aromatic N) is 1. The van der Waals surface area contributed by atoms with Crippen LogP contribution in [-0.2, 0) is 10.0 Å². The second-order valence-corrected chi connectivity index (χ2v) is 6.91. The van der Waals surface area contributed by atoms with Gasteiger partial charge in [-0.3, -0.25) is 0 Å². The number of hydrogen-bond donors (Lipinski definition) is 1. The Morgan fingerprint density at radius 1 is 1.21 bits per heavy atom. The minimum Gasteiger partial charge on any atom is -0.494 e. The quantitative estimate of drug-likeness (QED) is 0.837. The van der Waals surface area contributed by atoms with Crippen molar-refractivity contribution >= 4 is 15.7 Å². The standard InChI is InChI=1S/C13H21N2O3S/c1-3-18-13-6-4-12(5-7-13)15(19(2,16)17)10-8-14-9-11-15/h4-7,14H,3,8-11H2,1-2H3/q+1. The van der Waals surface area contributed by atoms with Crippen LogP contribution in [0.3, 0.4) is 0 Å². The van der Waals surface area contributed by atoms with Gasteiger partial charge >= 0.3 is 0 Å². The van der Waals surface area contributed by atoms with E-state index in [-0.39, 0.29) is 3.89 Å². The molecule has 6 heteroatoms. The first-order valence-corrected chi connectivity index (χ1v) is 8.36. The number of sulfonamides is 1. The van der Waals surface area contributed by atoms with E-state index < -0.39 is 10.0 Å². The lowest BCUT2D eigenvalue weighted by atomic mass is 10.2.